The van der Waals surface area contributed by atoms with Gasteiger partial charge in [-0.25, -0.2) is 4.68 Å². The zero-order valence-corrected chi connectivity index (χ0v) is 9.37. The Labute approximate surface area is 86.5 Å². The summed E-state index contributed by atoms with van der Waals surface area (Å²) in [5.74, 6) is 0. The van der Waals surface area contributed by atoms with Crippen LogP contribution in [0.2, 0.25) is 0 Å². The van der Waals surface area contributed by atoms with E-state index >= 15 is 0 Å². The van der Waals surface area contributed by atoms with E-state index in [4.69, 9.17) is 0 Å². The smallest absolute Gasteiger partial charge is 0.0725 e. The Balaban J connectivity index is 2.30. The second-order valence-corrected chi connectivity index (χ2v) is 3.76. The van der Waals surface area contributed by atoms with Crippen molar-refractivity contribution < 1.29 is 0 Å². The Hall–Kier alpha value is -0.860. The van der Waals surface area contributed by atoms with Crippen molar-refractivity contribution in [1.82, 2.24) is 15.0 Å². The van der Waals surface area contributed by atoms with Gasteiger partial charge < -0.3 is 0 Å². The number of rotatable bonds is 7. The van der Waals surface area contributed by atoms with Crippen molar-refractivity contribution in [1.29, 1.82) is 0 Å². The highest BCUT2D eigenvalue weighted by atomic mass is 15.4. The Morgan fingerprint density at radius 1 is 1.14 bits per heavy atom. The van der Waals surface area contributed by atoms with Crippen LogP contribution in [0.15, 0.2) is 6.20 Å². The molecule has 0 amide bonds. The molecule has 3 nitrogen and oxygen atoms in total. The molecule has 0 aromatic carbocycles. The Kier molecular flexibility index (Phi) is 5.27. The van der Waals surface area contributed by atoms with Crippen LogP contribution in [0.3, 0.4) is 0 Å². The molecular formula is C11H21N3. The molecule has 3 heteroatoms. The summed E-state index contributed by atoms with van der Waals surface area (Å²) >= 11 is 0. The minimum atomic E-state index is 1.04. The molecule has 0 bridgehead atoms. The molecule has 0 aliphatic carbocycles. The molecule has 1 aromatic heterocycles. The van der Waals surface area contributed by atoms with Crippen LogP contribution in [0.1, 0.15) is 51.6 Å². The molecule has 0 atom stereocenters. The number of aromatic nitrogens is 3. The molecule has 0 N–H and O–H groups in total. The first-order chi connectivity index (χ1) is 6.88. The fourth-order valence-corrected chi connectivity index (χ4v) is 1.61. The summed E-state index contributed by atoms with van der Waals surface area (Å²) in [7, 11) is 0. The maximum atomic E-state index is 4.10. The zero-order chi connectivity index (χ0) is 10.2. The third kappa shape index (κ3) is 3.48. The van der Waals surface area contributed by atoms with Crippen molar-refractivity contribution in [3.63, 3.8) is 0 Å². The maximum Gasteiger partial charge on any atom is 0.0725 e. The third-order valence-corrected chi connectivity index (χ3v) is 2.43. The molecule has 0 saturated heterocycles. The van der Waals surface area contributed by atoms with E-state index < -0.39 is 0 Å². The van der Waals surface area contributed by atoms with Gasteiger partial charge in [-0.1, -0.05) is 44.7 Å². The summed E-state index contributed by atoms with van der Waals surface area (Å²) in [6.07, 6.45) is 9.32. The number of nitrogens with zero attached hydrogens (tertiary/aromatic N) is 3. The Morgan fingerprint density at radius 3 is 2.71 bits per heavy atom. The van der Waals surface area contributed by atoms with E-state index in [1.807, 2.05) is 6.20 Å². The van der Waals surface area contributed by atoms with Crippen LogP contribution in [0.25, 0.3) is 0 Å². The van der Waals surface area contributed by atoms with Crippen molar-refractivity contribution in [3.05, 3.63) is 11.9 Å². The van der Waals surface area contributed by atoms with Crippen LogP contribution in [0.5, 0.6) is 0 Å². The average Bonchev–Trinajstić information content (AvgIpc) is 2.61. The minimum Gasteiger partial charge on any atom is -0.249 e. The molecule has 80 valence electrons. The highest BCUT2D eigenvalue weighted by molar-refractivity contribution is 4.93. The highest BCUT2D eigenvalue weighted by Crippen LogP contribution is 2.05. The largest absolute Gasteiger partial charge is 0.249 e. The lowest BCUT2D eigenvalue weighted by Crippen LogP contribution is -2.05. The second-order valence-electron chi connectivity index (χ2n) is 3.76. The molecule has 0 saturated carbocycles. The SMILES string of the molecule is CCCCCCn1nncc1CCC. The molecule has 14 heavy (non-hydrogen) atoms. The molecule has 0 fully saturated rings. The van der Waals surface area contributed by atoms with Crippen molar-refractivity contribution in [2.24, 2.45) is 0 Å². The van der Waals surface area contributed by atoms with Gasteiger partial charge >= 0.3 is 0 Å². The normalized spacial score (nSPS) is 10.7. The summed E-state index contributed by atoms with van der Waals surface area (Å²) in [6, 6.07) is 0. The quantitative estimate of drug-likeness (QED) is 0.626. The van der Waals surface area contributed by atoms with E-state index in [0.717, 1.165) is 13.0 Å². The van der Waals surface area contributed by atoms with Crippen LogP contribution in [0.4, 0.5) is 0 Å². The maximum absolute atomic E-state index is 4.10. The fraction of sp³-hybridized carbons (Fsp3) is 0.818. The van der Waals surface area contributed by atoms with Gasteiger partial charge in [-0.3, -0.25) is 0 Å². The highest BCUT2D eigenvalue weighted by Gasteiger charge is 2.01. The standard InChI is InChI=1S/C11H21N3/c1-3-5-6-7-9-14-11(8-4-2)10-12-13-14/h10H,3-9H2,1-2H3. The van der Waals surface area contributed by atoms with E-state index in [1.165, 1.54) is 37.8 Å². The lowest BCUT2D eigenvalue weighted by molar-refractivity contribution is 0.510. The second kappa shape index (κ2) is 6.57. The van der Waals surface area contributed by atoms with Gasteiger partial charge in [-0.15, -0.1) is 5.10 Å². The van der Waals surface area contributed by atoms with Gasteiger partial charge in [0.05, 0.1) is 11.9 Å². The Bertz CT molecular complexity index is 242. The molecule has 0 unspecified atom stereocenters. The van der Waals surface area contributed by atoms with Gasteiger partial charge in [0.1, 0.15) is 0 Å². The third-order valence-electron chi connectivity index (χ3n) is 2.43. The van der Waals surface area contributed by atoms with Gasteiger partial charge in [0.15, 0.2) is 0 Å². The molecular weight excluding hydrogens is 174 g/mol. The monoisotopic (exact) mass is 195 g/mol. The average molecular weight is 195 g/mol. The number of unbranched alkanes of at least 4 members (excludes halogenated alkanes) is 3. The number of hydrogen-bond donors (Lipinski definition) is 0. The van der Waals surface area contributed by atoms with Gasteiger partial charge in [0.25, 0.3) is 0 Å². The van der Waals surface area contributed by atoms with Crippen LogP contribution in [-0.2, 0) is 13.0 Å². The van der Waals surface area contributed by atoms with Crippen LogP contribution in [0, 0.1) is 0 Å². The van der Waals surface area contributed by atoms with Gasteiger partial charge in [0, 0.05) is 6.54 Å². The molecule has 1 rings (SSSR count). The van der Waals surface area contributed by atoms with E-state index in [0.29, 0.717) is 0 Å². The molecule has 0 aliphatic rings. The summed E-state index contributed by atoms with van der Waals surface area (Å²) in [6.45, 7) is 5.46. The van der Waals surface area contributed by atoms with Crippen molar-refractivity contribution in [2.75, 3.05) is 0 Å². The van der Waals surface area contributed by atoms with Crippen molar-refractivity contribution >= 4 is 0 Å². The first-order valence-corrected chi connectivity index (χ1v) is 5.75. The van der Waals surface area contributed by atoms with Crippen LogP contribution < -0.4 is 0 Å². The van der Waals surface area contributed by atoms with Gasteiger partial charge in [-0.2, -0.15) is 0 Å². The lowest BCUT2D eigenvalue weighted by atomic mass is 10.2. The summed E-state index contributed by atoms with van der Waals surface area (Å²) < 4.78 is 2.05. The molecule has 0 spiro atoms. The van der Waals surface area contributed by atoms with Gasteiger partial charge in [0.2, 0.25) is 0 Å². The summed E-state index contributed by atoms with van der Waals surface area (Å²) in [5, 5.41) is 8.05. The molecule has 1 aromatic rings. The zero-order valence-electron chi connectivity index (χ0n) is 9.37. The van der Waals surface area contributed by atoms with Crippen LogP contribution >= 0.6 is 0 Å². The predicted molar refractivity (Wildman–Crippen MR) is 58.2 cm³/mol. The van der Waals surface area contributed by atoms with Crippen molar-refractivity contribution in [3.8, 4) is 0 Å². The van der Waals surface area contributed by atoms with E-state index in [-0.39, 0.29) is 0 Å². The summed E-state index contributed by atoms with van der Waals surface area (Å²) in [5.41, 5.74) is 1.28. The van der Waals surface area contributed by atoms with Crippen molar-refractivity contribution in [2.45, 2.75) is 58.9 Å². The first-order valence-electron chi connectivity index (χ1n) is 5.75. The predicted octanol–water partition coefficient (Wildman–Crippen LogP) is 2.81. The van der Waals surface area contributed by atoms with E-state index in [9.17, 15) is 0 Å². The van der Waals surface area contributed by atoms with Crippen LogP contribution in [-0.4, -0.2) is 15.0 Å². The molecule has 0 radical (unpaired) electrons. The summed E-state index contributed by atoms with van der Waals surface area (Å²) in [4.78, 5) is 0. The van der Waals surface area contributed by atoms with E-state index in [2.05, 4.69) is 28.8 Å². The molecule has 0 aliphatic heterocycles. The van der Waals surface area contributed by atoms with E-state index in [1.54, 1.807) is 0 Å². The topological polar surface area (TPSA) is 30.7 Å². The number of hydrogen-bond acceptors (Lipinski definition) is 2. The fourth-order valence-electron chi connectivity index (χ4n) is 1.61. The lowest BCUT2D eigenvalue weighted by Gasteiger charge is -2.04. The minimum absolute atomic E-state index is 1.04. The Morgan fingerprint density at radius 2 is 2.00 bits per heavy atom. The first kappa shape index (κ1) is 11.2. The molecule has 1 heterocycles. The number of aryl methyl sites for hydroxylation is 2. The van der Waals surface area contributed by atoms with Gasteiger partial charge in [-0.05, 0) is 12.8 Å².